The second-order valence-corrected chi connectivity index (χ2v) is 12.4. The normalized spacial score (nSPS) is 20.6. The number of hydrogen-bond donors (Lipinski definition) is 1. The van der Waals surface area contributed by atoms with Crippen LogP contribution < -0.4 is 10.1 Å². The van der Waals surface area contributed by atoms with E-state index in [9.17, 15) is 22.4 Å². The lowest BCUT2D eigenvalue weighted by Crippen LogP contribution is -2.23. The van der Waals surface area contributed by atoms with Gasteiger partial charge in [0.1, 0.15) is 0 Å². The molecule has 6 nitrogen and oxygen atoms in total. The molecule has 1 heterocycles. The first-order chi connectivity index (χ1) is 14.9. The maximum Gasteiger partial charge on any atom is 0.230 e. The Bertz CT molecular complexity index is 1010. The van der Waals surface area contributed by atoms with Crippen LogP contribution in [-0.2, 0) is 24.8 Å². The number of ether oxygens (including phenoxy) is 1. The molecule has 1 aliphatic heterocycles. The number of allylic oxidation sites excluding steroid dienone is 2. The molecular formula is C24H32FNO5S. The lowest BCUT2D eigenvalue weighted by molar-refractivity contribution is -0.125. The summed E-state index contributed by atoms with van der Waals surface area (Å²) in [5.41, 5.74) is 0.213. The maximum atomic E-state index is 14.2. The predicted molar refractivity (Wildman–Crippen MR) is 121 cm³/mol. The molecule has 1 unspecified atom stereocenters. The van der Waals surface area contributed by atoms with Crippen molar-refractivity contribution in [2.24, 2.45) is 11.3 Å². The topological polar surface area (TPSA) is 89.5 Å². The summed E-state index contributed by atoms with van der Waals surface area (Å²) in [7, 11) is -3.32. The molecule has 32 heavy (non-hydrogen) atoms. The number of halogens is 1. The van der Waals surface area contributed by atoms with E-state index in [0.717, 1.165) is 18.4 Å². The molecule has 1 atom stereocenters. The van der Waals surface area contributed by atoms with Crippen LogP contribution in [-0.4, -0.2) is 38.3 Å². The van der Waals surface area contributed by atoms with Crippen LogP contribution in [0.1, 0.15) is 58.4 Å². The lowest BCUT2D eigenvalue weighted by atomic mass is 9.97. The summed E-state index contributed by atoms with van der Waals surface area (Å²) < 4.78 is 45.3. The van der Waals surface area contributed by atoms with Gasteiger partial charge in [-0.25, -0.2) is 12.8 Å². The minimum absolute atomic E-state index is 0.00954. The van der Waals surface area contributed by atoms with Gasteiger partial charge in [0.05, 0.1) is 24.0 Å². The summed E-state index contributed by atoms with van der Waals surface area (Å²) >= 11 is 0. The van der Waals surface area contributed by atoms with Gasteiger partial charge >= 0.3 is 0 Å². The van der Waals surface area contributed by atoms with Crippen molar-refractivity contribution in [1.29, 1.82) is 0 Å². The quantitative estimate of drug-likeness (QED) is 0.420. The zero-order valence-corrected chi connectivity index (χ0v) is 19.8. The molecule has 1 saturated carbocycles. The van der Waals surface area contributed by atoms with Crippen LogP contribution in [0.15, 0.2) is 30.4 Å². The molecule has 0 aromatic heterocycles. The number of amides is 2. The van der Waals surface area contributed by atoms with Gasteiger partial charge in [0.15, 0.2) is 21.4 Å². The zero-order valence-electron chi connectivity index (χ0n) is 18.9. The van der Waals surface area contributed by atoms with Crippen molar-refractivity contribution < 1.29 is 27.1 Å². The molecule has 0 bridgehead atoms. The number of imide groups is 1. The highest BCUT2D eigenvalue weighted by Gasteiger charge is 2.47. The molecule has 1 aromatic carbocycles. The number of carbonyl (C=O) groups excluding carboxylic acids is 2. The van der Waals surface area contributed by atoms with Crippen molar-refractivity contribution in [1.82, 2.24) is 5.32 Å². The number of carbonyl (C=O) groups is 2. The number of nitrogens with one attached hydrogen (secondary N) is 1. The monoisotopic (exact) mass is 465 g/mol. The van der Waals surface area contributed by atoms with Gasteiger partial charge in [-0.2, -0.15) is 0 Å². The molecule has 0 spiro atoms. The van der Waals surface area contributed by atoms with E-state index in [1.54, 1.807) is 24.3 Å². The summed E-state index contributed by atoms with van der Waals surface area (Å²) in [5, 5.41) is 2.26. The molecule has 8 heteroatoms. The summed E-state index contributed by atoms with van der Waals surface area (Å²) in [5.74, 6) is -1.14. The highest BCUT2D eigenvalue weighted by Crippen LogP contribution is 2.50. The Balaban J connectivity index is 1.56. The highest BCUT2D eigenvalue weighted by molar-refractivity contribution is 7.91. The SMILES string of the molecule is CC(C)(C)COc1cc(C2(CS(=O)(=O)CC/C=C/CC3CC(=O)NC3=O)CC2)ccc1F. The highest BCUT2D eigenvalue weighted by atomic mass is 32.2. The standard InChI is InChI=1S/C24H32FNO5S/c1-23(2,3)15-31-20-14-18(8-9-19(20)25)24(10-11-24)16-32(29,30)12-6-4-5-7-17-13-21(27)26-22(17)28/h4-5,8-9,14,17H,6-7,10-13,15-16H2,1-3H3,(H,26,27,28)/b5-4+. The van der Waals surface area contributed by atoms with Gasteiger partial charge in [-0.3, -0.25) is 14.9 Å². The zero-order chi connectivity index (χ0) is 23.6. The average molecular weight is 466 g/mol. The largest absolute Gasteiger partial charge is 0.490 e. The van der Waals surface area contributed by atoms with Crippen molar-refractivity contribution in [3.05, 3.63) is 41.7 Å². The molecule has 0 radical (unpaired) electrons. The van der Waals surface area contributed by atoms with E-state index in [-0.39, 0.29) is 46.8 Å². The predicted octanol–water partition coefficient (Wildman–Crippen LogP) is 3.70. The minimum atomic E-state index is -3.32. The van der Waals surface area contributed by atoms with E-state index in [1.807, 2.05) is 20.8 Å². The Kier molecular flexibility index (Phi) is 7.12. The van der Waals surface area contributed by atoms with Crippen LogP contribution in [0.25, 0.3) is 0 Å². The van der Waals surface area contributed by atoms with E-state index in [2.05, 4.69) is 5.32 Å². The van der Waals surface area contributed by atoms with Crippen molar-refractivity contribution in [3.63, 3.8) is 0 Å². The van der Waals surface area contributed by atoms with E-state index in [0.29, 0.717) is 19.4 Å². The second kappa shape index (κ2) is 9.33. The molecular weight excluding hydrogens is 433 g/mol. The van der Waals surface area contributed by atoms with Crippen LogP contribution in [0.4, 0.5) is 4.39 Å². The summed E-state index contributed by atoms with van der Waals surface area (Å²) in [6, 6.07) is 4.67. The van der Waals surface area contributed by atoms with Crippen LogP contribution in [0.2, 0.25) is 0 Å². The Morgan fingerprint density at radius 2 is 1.94 bits per heavy atom. The van der Waals surface area contributed by atoms with E-state index < -0.39 is 21.1 Å². The van der Waals surface area contributed by atoms with Crippen LogP contribution in [0, 0.1) is 17.2 Å². The van der Waals surface area contributed by atoms with Gasteiger partial charge in [-0.1, -0.05) is 39.0 Å². The van der Waals surface area contributed by atoms with Crippen molar-refractivity contribution in [3.8, 4) is 5.75 Å². The van der Waals surface area contributed by atoms with Gasteiger partial charge in [0, 0.05) is 11.8 Å². The van der Waals surface area contributed by atoms with E-state index in [1.165, 1.54) is 6.07 Å². The molecule has 3 rings (SSSR count). The third kappa shape index (κ3) is 6.64. The first-order valence-electron chi connectivity index (χ1n) is 11.0. The molecule has 1 N–H and O–H groups in total. The fourth-order valence-electron chi connectivity index (χ4n) is 3.82. The summed E-state index contributed by atoms with van der Waals surface area (Å²) in [4.78, 5) is 22.7. The summed E-state index contributed by atoms with van der Waals surface area (Å²) in [6.45, 7) is 6.36. The van der Waals surface area contributed by atoms with Crippen molar-refractivity contribution in [2.45, 2.75) is 58.3 Å². The summed E-state index contributed by atoms with van der Waals surface area (Å²) in [6.07, 6.45) is 5.98. The van der Waals surface area contributed by atoms with Crippen LogP contribution in [0.5, 0.6) is 5.75 Å². The lowest BCUT2D eigenvalue weighted by Gasteiger charge is -2.21. The molecule has 1 aromatic rings. The first-order valence-corrected chi connectivity index (χ1v) is 12.8. The van der Waals surface area contributed by atoms with Crippen LogP contribution in [0.3, 0.4) is 0 Å². The molecule has 176 valence electrons. The first kappa shape index (κ1) is 24.4. The Hall–Kier alpha value is -2.22. The van der Waals surface area contributed by atoms with Crippen molar-refractivity contribution >= 4 is 21.7 Å². The Labute approximate surface area is 189 Å². The van der Waals surface area contributed by atoms with Crippen molar-refractivity contribution in [2.75, 3.05) is 18.1 Å². The van der Waals surface area contributed by atoms with Gasteiger partial charge in [-0.15, -0.1) is 0 Å². The molecule has 1 saturated heterocycles. The van der Waals surface area contributed by atoms with Gasteiger partial charge in [0.2, 0.25) is 11.8 Å². The fourth-order valence-corrected chi connectivity index (χ4v) is 5.76. The smallest absolute Gasteiger partial charge is 0.230 e. The Morgan fingerprint density at radius 1 is 1.22 bits per heavy atom. The number of rotatable bonds is 10. The molecule has 2 aliphatic rings. The molecule has 2 fully saturated rings. The third-order valence-electron chi connectivity index (χ3n) is 5.80. The van der Waals surface area contributed by atoms with Gasteiger partial charge in [-0.05, 0) is 48.8 Å². The third-order valence-corrected chi connectivity index (χ3v) is 7.65. The van der Waals surface area contributed by atoms with Gasteiger partial charge < -0.3 is 4.74 Å². The maximum absolute atomic E-state index is 14.2. The number of sulfone groups is 1. The van der Waals surface area contributed by atoms with Crippen LogP contribution >= 0.6 is 0 Å². The molecule has 1 aliphatic carbocycles. The van der Waals surface area contributed by atoms with E-state index in [4.69, 9.17) is 4.74 Å². The Morgan fingerprint density at radius 3 is 2.53 bits per heavy atom. The fraction of sp³-hybridized carbons (Fsp3) is 0.583. The average Bonchev–Trinajstić information content (AvgIpc) is 3.37. The van der Waals surface area contributed by atoms with E-state index >= 15 is 0 Å². The number of hydrogen-bond acceptors (Lipinski definition) is 5. The minimum Gasteiger partial charge on any atom is -0.490 e. The number of benzene rings is 1. The molecule has 2 amide bonds. The second-order valence-electron chi connectivity index (χ2n) is 10.2. The van der Waals surface area contributed by atoms with Gasteiger partial charge in [0.25, 0.3) is 0 Å².